The van der Waals surface area contributed by atoms with Crippen LogP contribution in [-0.4, -0.2) is 74.4 Å². The Labute approximate surface area is 143 Å². The number of rotatable bonds is 7. The van der Waals surface area contributed by atoms with Crippen LogP contribution in [0.3, 0.4) is 0 Å². The Kier molecular flexibility index (Phi) is 6.19. The third-order valence-corrected chi connectivity index (χ3v) is 5.17. The van der Waals surface area contributed by atoms with Gasteiger partial charge in [-0.05, 0) is 13.8 Å². The van der Waals surface area contributed by atoms with E-state index in [-0.39, 0.29) is 12.1 Å². The molecule has 0 aliphatic carbocycles. The number of morpholine rings is 1. The summed E-state index contributed by atoms with van der Waals surface area (Å²) in [5.74, 6) is 1.56. The second kappa shape index (κ2) is 7.95. The lowest BCUT2D eigenvalue weighted by atomic mass is 10.3. The Morgan fingerprint density at radius 2 is 2.12 bits per heavy atom. The standard InChI is InChI=1S/C14H26N6O3S/c1-4-19(5-2)13-8-12(17-14(15)18-13)16-9-11-10-20(6-7-23-11)24(3,21)22/h8,11H,4-7,9-10H2,1-3H3,(H3,15,16,17,18). The highest BCUT2D eigenvalue weighted by Gasteiger charge is 2.26. The zero-order valence-electron chi connectivity index (χ0n) is 14.4. The Bertz CT molecular complexity index is 650. The summed E-state index contributed by atoms with van der Waals surface area (Å²) in [6.07, 6.45) is 0.978. The second-order valence-corrected chi connectivity index (χ2v) is 7.62. The lowest BCUT2D eigenvalue weighted by Crippen LogP contribution is -2.47. The minimum absolute atomic E-state index is 0.198. The second-order valence-electron chi connectivity index (χ2n) is 5.64. The Morgan fingerprint density at radius 3 is 2.75 bits per heavy atom. The zero-order chi connectivity index (χ0) is 17.7. The minimum atomic E-state index is -3.20. The van der Waals surface area contributed by atoms with Gasteiger partial charge in [0.1, 0.15) is 11.6 Å². The molecule has 10 heteroatoms. The molecule has 136 valence electrons. The fraction of sp³-hybridized carbons (Fsp3) is 0.714. The van der Waals surface area contributed by atoms with Crippen LogP contribution in [0.2, 0.25) is 0 Å². The summed E-state index contributed by atoms with van der Waals surface area (Å²) in [6, 6.07) is 1.83. The maximum Gasteiger partial charge on any atom is 0.223 e. The third-order valence-electron chi connectivity index (χ3n) is 3.90. The highest BCUT2D eigenvalue weighted by Crippen LogP contribution is 2.17. The van der Waals surface area contributed by atoms with Crippen LogP contribution < -0.4 is 16.0 Å². The van der Waals surface area contributed by atoms with Gasteiger partial charge in [0.25, 0.3) is 0 Å². The maximum atomic E-state index is 11.6. The number of nitrogens with two attached hydrogens (primary N) is 1. The molecule has 1 unspecified atom stereocenters. The molecule has 1 aliphatic rings. The SMILES string of the molecule is CCN(CC)c1cc(NCC2CN(S(C)(=O)=O)CCO2)nc(N)n1. The number of nitrogen functional groups attached to an aromatic ring is 1. The van der Waals surface area contributed by atoms with E-state index in [1.54, 1.807) is 0 Å². The first-order valence-electron chi connectivity index (χ1n) is 8.03. The van der Waals surface area contributed by atoms with Crippen molar-refractivity contribution < 1.29 is 13.2 Å². The first-order chi connectivity index (χ1) is 11.3. The van der Waals surface area contributed by atoms with Gasteiger partial charge in [-0.1, -0.05) is 0 Å². The molecule has 0 saturated carbocycles. The smallest absolute Gasteiger partial charge is 0.223 e. The minimum Gasteiger partial charge on any atom is -0.374 e. The van der Waals surface area contributed by atoms with E-state index in [0.717, 1.165) is 18.9 Å². The Hall–Kier alpha value is -1.65. The van der Waals surface area contributed by atoms with Crippen molar-refractivity contribution in [3.63, 3.8) is 0 Å². The fourth-order valence-electron chi connectivity index (χ4n) is 2.59. The zero-order valence-corrected chi connectivity index (χ0v) is 15.2. The number of anilines is 3. The number of sulfonamides is 1. The molecule has 3 N–H and O–H groups in total. The molecule has 1 atom stereocenters. The molecule has 0 radical (unpaired) electrons. The van der Waals surface area contributed by atoms with Gasteiger partial charge in [-0.25, -0.2) is 8.42 Å². The largest absolute Gasteiger partial charge is 0.374 e. The van der Waals surface area contributed by atoms with Crippen LogP contribution in [0.4, 0.5) is 17.6 Å². The Morgan fingerprint density at radius 1 is 1.42 bits per heavy atom. The van der Waals surface area contributed by atoms with E-state index in [1.165, 1.54) is 10.6 Å². The van der Waals surface area contributed by atoms with Gasteiger partial charge in [0.2, 0.25) is 16.0 Å². The number of aromatic nitrogens is 2. The van der Waals surface area contributed by atoms with Crippen LogP contribution in [0.5, 0.6) is 0 Å². The molecule has 2 heterocycles. The van der Waals surface area contributed by atoms with Crippen molar-refractivity contribution in [3.05, 3.63) is 6.07 Å². The summed E-state index contributed by atoms with van der Waals surface area (Å²) in [6.45, 7) is 7.28. The van der Waals surface area contributed by atoms with Gasteiger partial charge in [-0.3, -0.25) is 0 Å². The normalized spacial score (nSPS) is 19.2. The van der Waals surface area contributed by atoms with Crippen LogP contribution in [0.1, 0.15) is 13.8 Å². The molecule has 0 aromatic carbocycles. The van der Waals surface area contributed by atoms with Crippen molar-refractivity contribution in [2.24, 2.45) is 0 Å². The predicted octanol–water partition coefficient (Wildman–Crippen LogP) is -0.0227. The molecule has 0 amide bonds. The molecule has 24 heavy (non-hydrogen) atoms. The van der Waals surface area contributed by atoms with Crippen molar-refractivity contribution in [3.8, 4) is 0 Å². The fourth-order valence-corrected chi connectivity index (χ4v) is 3.43. The van der Waals surface area contributed by atoms with Crippen LogP contribution in [0.25, 0.3) is 0 Å². The topological polar surface area (TPSA) is 114 Å². The first kappa shape index (κ1) is 18.7. The number of hydrogen-bond donors (Lipinski definition) is 2. The quantitative estimate of drug-likeness (QED) is 0.699. The summed E-state index contributed by atoms with van der Waals surface area (Å²) in [4.78, 5) is 10.5. The van der Waals surface area contributed by atoms with Gasteiger partial charge < -0.3 is 20.7 Å². The van der Waals surface area contributed by atoms with Crippen molar-refractivity contribution in [2.45, 2.75) is 20.0 Å². The predicted molar refractivity (Wildman–Crippen MR) is 94.7 cm³/mol. The Balaban J connectivity index is 2.01. The van der Waals surface area contributed by atoms with Crippen molar-refractivity contribution in [1.82, 2.24) is 14.3 Å². The van der Waals surface area contributed by atoms with E-state index in [1.807, 2.05) is 19.9 Å². The van der Waals surface area contributed by atoms with Crippen LogP contribution >= 0.6 is 0 Å². The molecule has 1 saturated heterocycles. The summed E-state index contributed by atoms with van der Waals surface area (Å²) in [5.41, 5.74) is 5.79. The van der Waals surface area contributed by atoms with Crippen molar-refractivity contribution in [1.29, 1.82) is 0 Å². The van der Waals surface area contributed by atoms with E-state index < -0.39 is 10.0 Å². The van der Waals surface area contributed by atoms with Gasteiger partial charge >= 0.3 is 0 Å². The van der Waals surface area contributed by atoms with Crippen molar-refractivity contribution >= 4 is 27.6 Å². The highest BCUT2D eigenvalue weighted by atomic mass is 32.2. The van der Waals surface area contributed by atoms with Gasteiger partial charge in [-0.15, -0.1) is 0 Å². The lowest BCUT2D eigenvalue weighted by molar-refractivity contribution is 0.00700. The van der Waals surface area contributed by atoms with Gasteiger partial charge in [0.05, 0.1) is 19.0 Å². The van der Waals surface area contributed by atoms with Crippen molar-refractivity contribution in [2.75, 3.05) is 61.5 Å². The number of nitrogens with zero attached hydrogens (tertiary/aromatic N) is 4. The molecule has 1 aromatic rings. The average molecular weight is 358 g/mol. The molecular weight excluding hydrogens is 332 g/mol. The molecule has 1 aliphatic heterocycles. The average Bonchev–Trinajstić information content (AvgIpc) is 2.53. The number of ether oxygens (including phenoxy) is 1. The van der Waals surface area contributed by atoms with E-state index >= 15 is 0 Å². The van der Waals surface area contributed by atoms with Crippen LogP contribution in [0, 0.1) is 0 Å². The van der Waals surface area contributed by atoms with Gasteiger partial charge in [0, 0.05) is 38.8 Å². The van der Waals surface area contributed by atoms with E-state index in [4.69, 9.17) is 10.5 Å². The maximum absolute atomic E-state index is 11.6. The highest BCUT2D eigenvalue weighted by molar-refractivity contribution is 7.88. The van der Waals surface area contributed by atoms with Crippen LogP contribution in [0.15, 0.2) is 6.07 Å². The lowest BCUT2D eigenvalue weighted by Gasteiger charge is -2.31. The van der Waals surface area contributed by atoms with E-state index in [9.17, 15) is 8.42 Å². The first-order valence-corrected chi connectivity index (χ1v) is 9.88. The molecule has 9 nitrogen and oxygen atoms in total. The molecular formula is C14H26N6O3S. The van der Waals surface area contributed by atoms with E-state index in [2.05, 4.69) is 20.2 Å². The molecule has 0 bridgehead atoms. The molecule has 1 fully saturated rings. The summed E-state index contributed by atoms with van der Waals surface area (Å²) >= 11 is 0. The summed E-state index contributed by atoms with van der Waals surface area (Å²) < 4.78 is 30.3. The van der Waals surface area contributed by atoms with Gasteiger partial charge in [0.15, 0.2) is 0 Å². The van der Waals surface area contributed by atoms with Crippen LogP contribution in [-0.2, 0) is 14.8 Å². The van der Waals surface area contributed by atoms with Gasteiger partial charge in [-0.2, -0.15) is 14.3 Å². The summed E-state index contributed by atoms with van der Waals surface area (Å²) in [7, 11) is -3.20. The summed E-state index contributed by atoms with van der Waals surface area (Å²) in [5, 5.41) is 3.17. The molecule has 2 rings (SSSR count). The molecule has 0 spiro atoms. The number of hydrogen-bond acceptors (Lipinski definition) is 8. The monoisotopic (exact) mass is 358 g/mol. The number of nitrogens with one attached hydrogen (secondary N) is 1. The van der Waals surface area contributed by atoms with E-state index in [0.29, 0.717) is 32.1 Å². The third kappa shape index (κ3) is 4.92. The molecule has 1 aromatic heterocycles.